The van der Waals surface area contributed by atoms with Crippen LogP contribution >= 0.6 is 0 Å². The molecule has 2 heterocycles. The summed E-state index contributed by atoms with van der Waals surface area (Å²) >= 11 is 0. The fourth-order valence-electron chi connectivity index (χ4n) is 5.63. The van der Waals surface area contributed by atoms with Gasteiger partial charge in [0.2, 0.25) is 5.91 Å². The van der Waals surface area contributed by atoms with Crippen LogP contribution in [0.25, 0.3) is 10.9 Å². The average Bonchev–Trinajstić information content (AvgIpc) is 3.49. The molecule has 3 aromatic carbocycles. The van der Waals surface area contributed by atoms with E-state index >= 15 is 0 Å². The molecule has 9 heteroatoms. The van der Waals surface area contributed by atoms with Crippen molar-refractivity contribution in [1.29, 1.82) is 0 Å². The summed E-state index contributed by atoms with van der Waals surface area (Å²) < 4.78 is 8.12. The zero-order chi connectivity index (χ0) is 29.8. The van der Waals surface area contributed by atoms with E-state index in [9.17, 15) is 19.2 Å². The van der Waals surface area contributed by atoms with Gasteiger partial charge in [-0.25, -0.2) is 4.79 Å². The lowest BCUT2D eigenvalue weighted by Gasteiger charge is -2.18. The number of hydrogen-bond acceptors (Lipinski definition) is 5. The number of anilines is 1. The molecule has 0 bridgehead atoms. The Morgan fingerprint density at radius 2 is 1.69 bits per heavy atom. The van der Waals surface area contributed by atoms with Gasteiger partial charge in [0.25, 0.3) is 11.5 Å². The van der Waals surface area contributed by atoms with Gasteiger partial charge in [0.05, 0.1) is 23.6 Å². The van der Waals surface area contributed by atoms with Gasteiger partial charge in [0.15, 0.2) is 0 Å². The maximum Gasteiger partial charge on any atom is 0.332 e. The van der Waals surface area contributed by atoms with Crippen LogP contribution in [0.4, 0.5) is 5.69 Å². The molecule has 1 aliphatic rings. The van der Waals surface area contributed by atoms with Crippen LogP contribution in [0.1, 0.15) is 45.5 Å². The number of aryl methyl sites for hydroxylation is 3. The summed E-state index contributed by atoms with van der Waals surface area (Å²) in [7, 11) is 0. The van der Waals surface area contributed by atoms with E-state index in [1.807, 2.05) is 63.2 Å². The van der Waals surface area contributed by atoms with Crippen LogP contribution < -0.4 is 21.9 Å². The first kappa shape index (κ1) is 29.0. The predicted molar refractivity (Wildman–Crippen MR) is 163 cm³/mol. The number of hydrogen-bond donors (Lipinski definition) is 2. The number of carbonyl (C=O) groups is 2. The van der Waals surface area contributed by atoms with Crippen molar-refractivity contribution in [3.63, 3.8) is 0 Å². The third-order valence-electron chi connectivity index (χ3n) is 7.68. The van der Waals surface area contributed by atoms with Crippen molar-refractivity contribution < 1.29 is 14.3 Å². The molecule has 5 rings (SSSR count). The van der Waals surface area contributed by atoms with E-state index < -0.39 is 17.2 Å². The standard InChI is InChI=1S/C33H36N4O5/c1-21-16-22(2)30(23(3)17-21)35-29(38)20-36-28-18-25(31(39)34-14-13-24-8-5-4-6-9-24)11-12-27(28)32(40)37(33(36)41)19-26-10-7-15-42-26/h4-6,8-9,11-12,16-18,26H,7,10,13-15,19-20H2,1-3H3,(H,34,39)(H,35,38)/t26-/m0/s1. The molecule has 2 amide bonds. The fourth-order valence-corrected chi connectivity index (χ4v) is 5.63. The highest BCUT2D eigenvalue weighted by Gasteiger charge is 2.22. The minimum Gasteiger partial charge on any atom is -0.376 e. The van der Waals surface area contributed by atoms with Gasteiger partial charge in [-0.2, -0.15) is 0 Å². The second-order valence-electron chi connectivity index (χ2n) is 11.0. The molecule has 218 valence electrons. The number of fused-ring (bicyclic) bond motifs is 1. The summed E-state index contributed by atoms with van der Waals surface area (Å²) in [5.74, 6) is -0.737. The van der Waals surface area contributed by atoms with E-state index in [1.165, 1.54) is 10.6 Å². The number of carbonyl (C=O) groups excluding carboxylic acids is 2. The highest BCUT2D eigenvalue weighted by atomic mass is 16.5. The van der Waals surface area contributed by atoms with Gasteiger partial charge < -0.3 is 15.4 Å². The number of benzene rings is 3. The second kappa shape index (κ2) is 12.6. The minimum atomic E-state index is -0.614. The maximum absolute atomic E-state index is 13.8. The average molecular weight is 569 g/mol. The van der Waals surface area contributed by atoms with Crippen LogP contribution in [0.5, 0.6) is 0 Å². The summed E-state index contributed by atoms with van der Waals surface area (Å²) in [5.41, 5.74) is 4.15. The molecule has 0 unspecified atom stereocenters. The molecule has 1 aromatic heterocycles. The number of nitrogens with zero attached hydrogens (tertiary/aromatic N) is 2. The second-order valence-corrected chi connectivity index (χ2v) is 11.0. The lowest BCUT2D eigenvalue weighted by atomic mass is 10.1. The van der Waals surface area contributed by atoms with Gasteiger partial charge in [0, 0.05) is 24.4 Å². The maximum atomic E-state index is 13.8. The van der Waals surface area contributed by atoms with E-state index in [4.69, 9.17) is 4.74 Å². The van der Waals surface area contributed by atoms with Crippen LogP contribution in [0.3, 0.4) is 0 Å². The molecule has 1 aliphatic heterocycles. The Bertz CT molecular complexity index is 1730. The van der Waals surface area contributed by atoms with E-state index in [2.05, 4.69) is 10.6 Å². The Morgan fingerprint density at radius 1 is 0.952 bits per heavy atom. The molecule has 1 fully saturated rings. The number of ether oxygens (including phenoxy) is 1. The third kappa shape index (κ3) is 6.36. The van der Waals surface area contributed by atoms with Crippen molar-refractivity contribution in [2.75, 3.05) is 18.5 Å². The Morgan fingerprint density at radius 3 is 2.38 bits per heavy atom. The number of rotatable bonds is 9. The first-order valence-electron chi connectivity index (χ1n) is 14.3. The smallest absolute Gasteiger partial charge is 0.332 e. The molecular formula is C33H36N4O5. The number of nitrogens with one attached hydrogen (secondary N) is 2. The van der Waals surface area contributed by atoms with Gasteiger partial charge in [-0.05, 0) is 74.9 Å². The first-order valence-corrected chi connectivity index (χ1v) is 14.3. The van der Waals surface area contributed by atoms with E-state index in [-0.39, 0.29) is 36.0 Å². The quantitative estimate of drug-likeness (QED) is 0.318. The van der Waals surface area contributed by atoms with Gasteiger partial charge in [-0.15, -0.1) is 0 Å². The molecule has 1 atom stereocenters. The molecular weight excluding hydrogens is 532 g/mol. The number of aromatic nitrogens is 2. The van der Waals surface area contributed by atoms with Crippen LogP contribution in [0.15, 0.2) is 70.3 Å². The summed E-state index contributed by atoms with van der Waals surface area (Å²) in [5, 5.41) is 6.10. The molecule has 0 aliphatic carbocycles. The van der Waals surface area contributed by atoms with E-state index in [0.717, 1.165) is 39.7 Å². The third-order valence-corrected chi connectivity index (χ3v) is 7.68. The Kier molecular flexibility index (Phi) is 8.68. The van der Waals surface area contributed by atoms with Crippen LogP contribution in [-0.2, 0) is 29.0 Å². The van der Waals surface area contributed by atoms with Crippen LogP contribution in [0, 0.1) is 20.8 Å². The molecule has 1 saturated heterocycles. The molecule has 0 saturated carbocycles. The van der Waals surface area contributed by atoms with Crippen molar-refractivity contribution in [1.82, 2.24) is 14.5 Å². The number of amides is 2. The topological polar surface area (TPSA) is 111 Å². The summed E-state index contributed by atoms with van der Waals surface area (Å²) in [4.78, 5) is 53.6. The van der Waals surface area contributed by atoms with E-state index in [1.54, 1.807) is 12.1 Å². The molecule has 0 radical (unpaired) electrons. The Hall–Kier alpha value is -4.50. The largest absolute Gasteiger partial charge is 0.376 e. The van der Waals surface area contributed by atoms with Gasteiger partial charge in [-0.3, -0.25) is 23.5 Å². The van der Waals surface area contributed by atoms with Crippen molar-refractivity contribution in [3.05, 3.63) is 109 Å². The first-order chi connectivity index (χ1) is 20.2. The van der Waals surface area contributed by atoms with Gasteiger partial charge >= 0.3 is 5.69 Å². The monoisotopic (exact) mass is 568 g/mol. The highest BCUT2D eigenvalue weighted by Crippen LogP contribution is 2.22. The zero-order valence-corrected chi connectivity index (χ0v) is 24.2. The Labute approximate surface area is 244 Å². The summed E-state index contributed by atoms with van der Waals surface area (Å²) in [6.07, 6.45) is 2.03. The normalized spacial score (nSPS) is 14.7. The summed E-state index contributed by atoms with van der Waals surface area (Å²) in [6.45, 7) is 6.61. The lowest BCUT2D eigenvalue weighted by Crippen LogP contribution is -2.44. The minimum absolute atomic E-state index is 0.104. The molecule has 9 nitrogen and oxygen atoms in total. The van der Waals surface area contributed by atoms with Crippen LogP contribution in [0.2, 0.25) is 0 Å². The molecule has 0 spiro atoms. The van der Waals surface area contributed by atoms with Crippen molar-refractivity contribution >= 4 is 28.4 Å². The molecule has 2 N–H and O–H groups in total. The fraction of sp³-hybridized carbons (Fsp3) is 0.333. The van der Waals surface area contributed by atoms with Crippen molar-refractivity contribution in [3.8, 4) is 0 Å². The molecule has 4 aromatic rings. The SMILES string of the molecule is Cc1cc(C)c(NC(=O)Cn2c(=O)n(C[C@@H]3CCCO3)c(=O)c3ccc(C(=O)NCCc4ccccc4)cc32)c(C)c1. The zero-order valence-electron chi connectivity index (χ0n) is 24.2. The van der Waals surface area contributed by atoms with Crippen molar-refractivity contribution in [2.24, 2.45) is 0 Å². The summed E-state index contributed by atoms with van der Waals surface area (Å²) in [6, 6.07) is 18.4. The predicted octanol–water partition coefficient (Wildman–Crippen LogP) is 3.88. The lowest BCUT2D eigenvalue weighted by molar-refractivity contribution is -0.116. The van der Waals surface area contributed by atoms with Crippen molar-refractivity contribution in [2.45, 2.75) is 59.2 Å². The molecule has 42 heavy (non-hydrogen) atoms. The van der Waals surface area contributed by atoms with Gasteiger partial charge in [-0.1, -0.05) is 48.0 Å². The highest BCUT2D eigenvalue weighted by molar-refractivity contribution is 5.98. The van der Waals surface area contributed by atoms with Gasteiger partial charge in [0.1, 0.15) is 6.54 Å². The Balaban J connectivity index is 1.48. The van der Waals surface area contributed by atoms with E-state index in [0.29, 0.717) is 30.8 Å². The van der Waals surface area contributed by atoms with Crippen LogP contribution in [-0.4, -0.2) is 40.2 Å².